The maximum absolute atomic E-state index is 12.4. The lowest BCUT2D eigenvalue weighted by Gasteiger charge is -2.07. The Hall–Kier alpha value is -3.19. The van der Waals surface area contributed by atoms with Crippen molar-refractivity contribution in [3.8, 4) is 16.3 Å². The van der Waals surface area contributed by atoms with E-state index in [9.17, 15) is 9.59 Å². The molecule has 0 bridgehead atoms. The molecule has 0 aliphatic carbocycles. The summed E-state index contributed by atoms with van der Waals surface area (Å²) >= 11 is 1.48. The van der Waals surface area contributed by atoms with E-state index >= 15 is 0 Å². The Bertz CT molecular complexity index is 998. The van der Waals surface area contributed by atoms with E-state index in [-0.39, 0.29) is 18.3 Å². The molecule has 3 aromatic rings. The molecule has 1 N–H and O–H groups in total. The molecule has 0 saturated heterocycles. The number of thiazole rings is 1. The fourth-order valence-electron chi connectivity index (χ4n) is 2.77. The van der Waals surface area contributed by atoms with E-state index in [1.54, 1.807) is 24.3 Å². The highest BCUT2D eigenvalue weighted by molar-refractivity contribution is 7.13. The van der Waals surface area contributed by atoms with Crippen LogP contribution in [0.1, 0.15) is 36.3 Å². The van der Waals surface area contributed by atoms with E-state index in [0.29, 0.717) is 30.2 Å². The summed E-state index contributed by atoms with van der Waals surface area (Å²) in [6.07, 6.45) is 0.934. The number of aromatic nitrogens is 1. The van der Waals surface area contributed by atoms with Gasteiger partial charge in [-0.05, 0) is 49.7 Å². The first kappa shape index (κ1) is 21.5. The maximum atomic E-state index is 12.4. The number of hydrogen-bond donors (Lipinski definition) is 1. The van der Waals surface area contributed by atoms with Crippen molar-refractivity contribution >= 4 is 28.9 Å². The number of nitrogens with one attached hydrogen (secondary N) is 1. The number of carbonyl (C=O) groups is 2. The van der Waals surface area contributed by atoms with E-state index < -0.39 is 0 Å². The predicted octanol–water partition coefficient (Wildman–Crippen LogP) is 4.96. The quantitative estimate of drug-likeness (QED) is 0.492. The molecule has 1 heterocycles. The fraction of sp³-hybridized carbons (Fsp3) is 0.261. The lowest BCUT2D eigenvalue weighted by atomic mass is 10.2. The van der Waals surface area contributed by atoms with Gasteiger partial charge in [0.05, 0.1) is 36.5 Å². The van der Waals surface area contributed by atoms with Crippen molar-refractivity contribution in [2.24, 2.45) is 0 Å². The number of hydrogen-bond acceptors (Lipinski definition) is 6. The summed E-state index contributed by atoms with van der Waals surface area (Å²) in [6.45, 7) is 4.85. The highest BCUT2D eigenvalue weighted by Gasteiger charge is 2.13. The van der Waals surface area contributed by atoms with Crippen LogP contribution in [-0.2, 0) is 16.0 Å². The summed E-state index contributed by atoms with van der Waals surface area (Å²) in [4.78, 5) is 28.8. The van der Waals surface area contributed by atoms with Crippen LogP contribution in [0, 0.1) is 0 Å². The van der Waals surface area contributed by atoms with Gasteiger partial charge in [-0.2, -0.15) is 0 Å². The lowest BCUT2D eigenvalue weighted by molar-refractivity contribution is -0.115. The third-order valence-electron chi connectivity index (χ3n) is 4.15. The van der Waals surface area contributed by atoms with Gasteiger partial charge in [0.2, 0.25) is 5.91 Å². The third-order valence-corrected chi connectivity index (χ3v) is 5.08. The zero-order valence-corrected chi connectivity index (χ0v) is 17.8. The Morgan fingerprint density at radius 2 is 1.83 bits per heavy atom. The second kappa shape index (κ2) is 10.5. The average molecular weight is 425 g/mol. The molecule has 0 spiro atoms. The highest BCUT2D eigenvalue weighted by atomic mass is 32.1. The second-order valence-electron chi connectivity index (χ2n) is 6.51. The molecular formula is C23H24N2O4S. The van der Waals surface area contributed by atoms with Crippen molar-refractivity contribution in [3.63, 3.8) is 0 Å². The first-order valence-electron chi connectivity index (χ1n) is 9.84. The minimum Gasteiger partial charge on any atom is -0.493 e. The zero-order valence-electron chi connectivity index (χ0n) is 17.0. The van der Waals surface area contributed by atoms with Crippen LogP contribution >= 0.6 is 11.3 Å². The van der Waals surface area contributed by atoms with Crippen LogP contribution in [0.25, 0.3) is 10.6 Å². The van der Waals surface area contributed by atoms with Gasteiger partial charge in [0.15, 0.2) is 0 Å². The van der Waals surface area contributed by atoms with Gasteiger partial charge in [0.25, 0.3) is 0 Å². The van der Waals surface area contributed by atoms with Crippen LogP contribution in [-0.4, -0.2) is 30.1 Å². The molecule has 0 aliphatic rings. The number of nitrogens with zero attached hydrogens (tertiary/aromatic N) is 1. The summed E-state index contributed by atoms with van der Waals surface area (Å²) in [5.74, 6) is 0.242. The number of ether oxygens (including phenoxy) is 2. The van der Waals surface area contributed by atoms with Crippen LogP contribution in [0.2, 0.25) is 0 Å². The van der Waals surface area contributed by atoms with Crippen LogP contribution < -0.4 is 10.1 Å². The fourth-order valence-corrected chi connectivity index (χ4v) is 3.62. The summed E-state index contributed by atoms with van der Waals surface area (Å²) < 4.78 is 10.8. The average Bonchev–Trinajstić information content (AvgIpc) is 3.21. The van der Waals surface area contributed by atoms with Crippen LogP contribution in [0.3, 0.4) is 0 Å². The SMILES string of the molecule is CCCOC(=O)c1ccc(NC(=O)Cc2csc(-c3ccccc3OCC)n2)cc1. The highest BCUT2D eigenvalue weighted by Crippen LogP contribution is 2.32. The normalized spacial score (nSPS) is 10.5. The number of amides is 1. The first-order chi connectivity index (χ1) is 14.6. The van der Waals surface area contributed by atoms with E-state index in [2.05, 4.69) is 10.3 Å². The Kier molecular flexibility index (Phi) is 7.57. The van der Waals surface area contributed by atoms with Crippen molar-refractivity contribution < 1.29 is 19.1 Å². The topological polar surface area (TPSA) is 77.5 Å². The van der Waals surface area contributed by atoms with Gasteiger partial charge in [-0.3, -0.25) is 4.79 Å². The molecule has 0 aliphatic heterocycles. The zero-order chi connectivity index (χ0) is 21.3. The Balaban J connectivity index is 1.60. The molecule has 0 fully saturated rings. The smallest absolute Gasteiger partial charge is 0.338 e. The molecule has 0 radical (unpaired) electrons. The van der Waals surface area contributed by atoms with Crippen LogP contribution in [0.5, 0.6) is 5.75 Å². The van der Waals surface area contributed by atoms with E-state index in [4.69, 9.17) is 9.47 Å². The van der Waals surface area contributed by atoms with Gasteiger partial charge in [0.1, 0.15) is 10.8 Å². The number of rotatable bonds is 9. The van der Waals surface area contributed by atoms with Gasteiger partial charge in [-0.1, -0.05) is 19.1 Å². The molecule has 1 amide bonds. The number of esters is 1. The Morgan fingerprint density at radius 3 is 2.57 bits per heavy atom. The van der Waals surface area contributed by atoms with E-state index in [1.807, 2.05) is 43.5 Å². The van der Waals surface area contributed by atoms with Gasteiger partial charge < -0.3 is 14.8 Å². The third kappa shape index (κ3) is 5.67. The first-order valence-corrected chi connectivity index (χ1v) is 10.7. The van der Waals surface area contributed by atoms with Gasteiger partial charge in [0, 0.05) is 11.1 Å². The number of benzene rings is 2. The molecule has 7 heteroatoms. The molecule has 6 nitrogen and oxygen atoms in total. The molecule has 0 saturated carbocycles. The molecule has 0 atom stereocenters. The van der Waals surface area contributed by atoms with E-state index in [0.717, 1.165) is 22.7 Å². The minimum atomic E-state index is -0.364. The molecule has 2 aromatic carbocycles. The van der Waals surface area contributed by atoms with Crippen molar-refractivity contribution in [3.05, 3.63) is 65.2 Å². The van der Waals surface area contributed by atoms with Crippen molar-refractivity contribution in [2.75, 3.05) is 18.5 Å². The van der Waals surface area contributed by atoms with Crippen molar-refractivity contribution in [1.29, 1.82) is 0 Å². The molecule has 3 rings (SSSR count). The van der Waals surface area contributed by atoms with Gasteiger partial charge in [-0.15, -0.1) is 11.3 Å². The lowest BCUT2D eigenvalue weighted by Crippen LogP contribution is -2.14. The summed E-state index contributed by atoms with van der Waals surface area (Å²) in [6, 6.07) is 14.4. The number of para-hydroxylation sites is 1. The van der Waals surface area contributed by atoms with Crippen LogP contribution in [0.4, 0.5) is 5.69 Å². The van der Waals surface area contributed by atoms with Gasteiger partial charge in [-0.25, -0.2) is 9.78 Å². The standard InChI is InChI=1S/C23H24N2O4S/c1-3-13-29-23(27)16-9-11-17(12-10-16)24-21(26)14-18-15-30-22(25-18)19-7-5-6-8-20(19)28-4-2/h5-12,15H,3-4,13-14H2,1-2H3,(H,24,26). The molecule has 30 heavy (non-hydrogen) atoms. The van der Waals surface area contributed by atoms with E-state index in [1.165, 1.54) is 11.3 Å². The van der Waals surface area contributed by atoms with Crippen LogP contribution in [0.15, 0.2) is 53.9 Å². The summed E-state index contributed by atoms with van der Waals surface area (Å²) in [7, 11) is 0. The molecule has 0 unspecified atom stereocenters. The second-order valence-corrected chi connectivity index (χ2v) is 7.37. The monoisotopic (exact) mass is 424 g/mol. The van der Waals surface area contributed by atoms with Crippen molar-refractivity contribution in [2.45, 2.75) is 26.7 Å². The Morgan fingerprint density at radius 1 is 1.07 bits per heavy atom. The molecule has 156 valence electrons. The largest absolute Gasteiger partial charge is 0.493 e. The number of carbonyl (C=O) groups excluding carboxylic acids is 2. The Labute approximate surface area is 179 Å². The predicted molar refractivity (Wildman–Crippen MR) is 118 cm³/mol. The van der Waals surface area contributed by atoms with Gasteiger partial charge >= 0.3 is 5.97 Å². The minimum absolute atomic E-state index is 0.160. The summed E-state index contributed by atoms with van der Waals surface area (Å²) in [5, 5.41) is 5.53. The van der Waals surface area contributed by atoms with Crippen molar-refractivity contribution in [1.82, 2.24) is 4.98 Å². The number of anilines is 1. The maximum Gasteiger partial charge on any atom is 0.338 e. The molecular weight excluding hydrogens is 400 g/mol. The summed E-state index contributed by atoms with van der Waals surface area (Å²) in [5.41, 5.74) is 2.68. The molecule has 1 aromatic heterocycles.